The normalized spacial score (nSPS) is 10.2. The summed E-state index contributed by atoms with van der Waals surface area (Å²) in [5.74, 6) is 0.208. The highest BCUT2D eigenvalue weighted by molar-refractivity contribution is 6.31. The Morgan fingerprint density at radius 2 is 1.88 bits per heavy atom. The fourth-order valence-electron chi connectivity index (χ4n) is 2.42. The lowest BCUT2D eigenvalue weighted by molar-refractivity contribution is -0.133. The van der Waals surface area contributed by atoms with E-state index in [1.807, 2.05) is 31.2 Å². The third-order valence-electron chi connectivity index (χ3n) is 3.88. The van der Waals surface area contributed by atoms with Crippen LogP contribution in [0.25, 0.3) is 0 Å². The van der Waals surface area contributed by atoms with E-state index in [1.54, 1.807) is 25.3 Å². The van der Waals surface area contributed by atoms with Crippen LogP contribution in [0.1, 0.15) is 18.1 Å². The number of anilines is 1. The standard InChI is InChI=1S/C19H21ClN2O3/c1-13-16(20)8-6-9-17(13)21-19(24)12-22(14(2)23)11-15-7-4-5-10-18(15)25-3/h4-10H,11-12H2,1-3H3,(H,21,24). The molecular weight excluding hydrogens is 340 g/mol. The molecule has 132 valence electrons. The van der Waals surface area contributed by atoms with Crippen LogP contribution in [0.5, 0.6) is 5.75 Å². The van der Waals surface area contributed by atoms with Gasteiger partial charge in [-0.1, -0.05) is 35.9 Å². The van der Waals surface area contributed by atoms with Gasteiger partial charge in [0.2, 0.25) is 11.8 Å². The summed E-state index contributed by atoms with van der Waals surface area (Å²) in [6.45, 7) is 3.50. The third-order valence-corrected chi connectivity index (χ3v) is 4.28. The zero-order valence-corrected chi connectivity index (χ0v) is 15.3. The molecule has 0 heterocycles. The highest BCUT2D eigenvalue weighted by atomic mass is 35.5. The lowest BCUT2D eigenvalue weighted by Crippen LogP contribution is -2.36. The van der Waals surface area contributed by atoms with E-state index >= 15 is 0 Å². The molecule has 0 saturated heterocycles. The van der Waals surface area contributed by atoms with Crippen molar-refractivity contribution in [2.75, 3.05) is 19.0 Å². The number of amides is 2. The van der Waals surface area contributed by atoms with Crippen molar-refractivity contribution in [2.45, 2.75) is 20.4 Å². The Hall–Kier alpha value is -2.53. The maximum atomic E-state index is 12.4. The number of para-hydroxylation sites is 1. The first-order chi connectivity index (χ1) is 11.9. The van der Waals surface area contributed by atoms with Crippen LogP contribution in [-0.2, 0) is 16.1 Å². The number of hydrogen-bond acceptors (Lipinski definition) is 3. The molecular formula is C19H21ClN2O3. The average Bonchev–Trinajstić information content (AvgIpc) is 2.58. The lowest BCUT2D eigenvalue weighted by atomic mass is 10.2. The molecule has 25 heavy (non-hydrogen) atoms. The largest absolute Gasteiger partial charge is 0.496 e. The molecule has 0 aliphatic rings. The van der Waals surface area contributed by atoms with Crippen molar-refractivity contribution in [1.29, 1.82) is 0 Å². The predicted molar refractivity (Wildman–Crippen MR) is 98.9 cm³/mol. The van der Waals surface area contributed by atoms with Crippen molar-refractivity contribution in [3.63, 3.8) is 0 Å². The first-order valence-corrected chi connectivity index (χ1v) is 8.22. The SMILES string of the molecule is COc1ccccc1CN(CC(=O)Nc1cccc(Cl)c1C)C(C)=O. The van der Waals surface area contributed by atoms with Gasteiger partial charge in [0.15, 0.2) is 0 Å². The number of hydrogen-bond donors (Lipinski definition) is 1. The van der Waals surface area contributed by atoms with Crippen molar-refractivity contribution in [3.05, 3.63) is 58.6 Å². The quantitative estimate of drug-likeness (QED) is 0.855. The Morgan fingerprint density at radius 3 is 2.56 bits per heavy atom. The Balaban J connectivity index is 2.09. The Bertz CT molecular complexity index is 777. The second-order valence-electron chi connectivity index (χ2n) is 5.65. The molecule has 2 aromatic rings. The molecule has 0 spiro atoms. The summed E-state index contributed by atoms with van der Waals surface area (Å²) in [6, 6.07) is 12.7. The van der Waals surface area contributed by atoms with E-state index in [2.05, 4.69) is 5.32 Å². The number of nitrogens with one attached hydrogen (secondary N) is 1. The fourth-order valence-corrected chi connectivity index (χ4v) is 2.60. The Labute approximate surface area is 152 Å². The van der Waals surface area contributed by atoms with E-state index in [9.17, 15) is 9.59 Å². The number of rotatable bonds is 6. The first-order valence-electron chi connectivity index (χ1n) is 7.84. The van der Waals surface area contributed by atoms with E-state index in [1.165, 1.54) is 11.8 Å². The van der Waals surface area contributed by atoms with E-state index in [0.717, 1.165) is 11.1 Å². The van der Waals surface area contributed by atoms with E-state index in [0.29, 0.717) is 23.0 Å². The Kier molecular flexibility index (Phi) is 6.42. The zero-order chi connectivity index (χ0) is 18.4. The molecule has 2 rings (SSSR count). The van der Waals surface area contributed by atoms with Crippen molar-refractivity contribution < 1.29 is 14.3 Å². The van der Waals surface area contributed by atoms with Gasteiger partial charge in [-0.2, -0.15) is 0 Å². The highest BCUT2D eigenvalue weighted by Crippen LogP contribution is 2.23. The number of nitrogens with zero attached hydrogens (tertiary/aromatic N) is 1. The minimum Gasteiger partial charge on any atom is -0.496 e. The summed E-state index contributed by atoms with van der Waals surface area (Å²) in [5.41, 5.74) is 2.27. The third kappa shape index (κ3) is 4.97. The van der Waals surface area contributed by atoms with Crippen LogP contribution >= 0.6 is 11.6 Å². The van der Waals surface area contributed by atoms with Crippen LogP contribution in [0.4, 0.5) is 5.69 Å². The monoisotopic (exact) mass is 360 g/mol. The van der Waals surface area contributed by atoms with Crippen molar-refractivity contribution in [3.8, 4) is 5.75 Å². The topological polar surface area (TPSA) is 58.6 Å². The number of methoxy groups -OCH3 is 1. The van der Waals surface area contributed by atoms with E-state index in [4.69, 9.17) is 16.3 Å². The molecule has 0 atom stereocenters. The maximum absolute atomic E-state index is 12.4. The van der Waals surface area contributed by atoms with Gasteiger partial charge in [-0.25, -0.2) is 0 Å². The number of carbonyl (C=O) groups excluding carboxylic acids is 2. The summed E-state index contributed by atoms with van der Waals surface area (Å²) >= 11 is 6.06. The van der Waals surface area contributed by atoms with Crippen molar-refractivity contribution in [2.24, 2.45) is 0 Å². The number of carbonyl (C=O) groups is 2. The molecule has 0 fully saturated rings. The number of benzene rings is 2. The van der Waals surface area contributed by atoms with Gasteiger partial charge in [-0.15, -0.1) is 0 Å². The van der Waals surface area contributed by atoms with Crippen LogP contribution < -0.4 is 10.1 Å². The molecule has 5 nitrogen and oxygen atoms in total. The summed E-state index contributed by atoms with van der Waals surface area (Å²) in [7, 11) is 1.57. The molecule has 0 aromatic heterocycles. The summed E-state index contributed by atoms with van der Waals surface area (Å²) in [4.78, 5) is 25.8. The minimum absolute atomic E-state index is 0.0562. The van der Waals surface area contributed by atoms with Crippen LogP contribution in [0, 0.1) is 6.92 Å². The molecule has 0 radical (unpaired) electrons. The minimum atomic E-state index is -0.282. The molecule has 1 N–H and O–H groups in total. The summed E-state index contributed by atoms with van der Waals surface area (Å²) < 4.78 is 5.30. The molecule has 6 heteroatoms. The average molecular weight is 361 g/mol. The van der Waals surface area contributed by atoms with Crippen LogP contribution in [0.2, 0.25) is 5.02 Å². The van der Waals surface area contributed by atoms with E-state index in [-0.39, 0.29) is 18.4 Å². The summed E-state index contributed by atoms with van der Waals surface area (Å²) in [6.07, 6.45) is 0. The van der Waals surface area contributed by atoms with Crippen LogP contribution in [0.3, 0.4) is 0 Å². The van der Waals surface area contributed by atoms with Gasteiger partial charge in [0.1, 0.15) is 12.3 Å². The van der Waals surface area contributed by atoms with Gasteiger partial charge < -0.3 is 15.0 Å². The van der Waals surface area contributed by atoms with Gasteiger partial charge >= 0.3 is 0 Å². The maximum Gasteiger partial charge on any atom is 0.244 e. The molecule has 0 aliphatic heterocycles. The number of halogens is 1. The smallest absolute Gasteiger partial charge is 0.244 e. The fraction of sp³-hybridized carbons (Fsp3) is 0.263. The second-order valence-corrected chi connectivity index (χ2v) is 6.05. The second kappa shape index (κ2) is 8.53. The zero-order valence-electron chi connectivity index (χ0n) is 14.5. The van der Waals surface area contributed by atoms with Gasteiger partial charge in [0.05, 0.1) is 7.11 Å². The Morgan fingerprint density at radius 1 is 1.16 bits per heavy atom. The predicted octanol–water partition coefficient (Wildman–Crippen LogP) is 3.64. The summed E-state index contributed by atoms with van der Waals surface area (Å²) in [5, 5.41) is 3.38. The molecule has 0 saturated carbocycles. The van der Waals surface area contributed by atoms with Crippen molar-refractivity contribution >= 4 is 29.1 Å². The highest BCUT2D eigenvalue weighted by Gasteiger charge is 2.17. The molecule has 0 aliphatic carbocycles. The lowest BCUT2D eigenvalue weighted by Gasteiger charge is -2.22. The van der Waals surface area contributed by atoms with Crippen molar-refractivity contribution in [1.82, 2.24) is 4.90 Å². The first kappa shape index (κ1) is 18.8. The van der Waals surface area contributed by atoms with Crippen LogP contribution in [-0.4, -0.2) is 30.4 Å². The molecule has 0 unspecified atom stereocenters. The number of ether oxygens (including phenoxy) is 1. The van der Waals surface area contributed by atoms with Gasteiger partial charge in [-0.3, -0.25) is 9.59 Å². The van der Waals surface area contributed by atoms with Crippen LogP contribution in [0.15, 0.2) is 42.5 Å². The van der Waals surface area contributed by atoms with E-state index < -0.39 is 0 Å². The molecule has 0 bridgehead atoms. The molecule has 2 aromatic carbocycles. The molecule has 2 amide bonds. The van der Waals surface area contributed by atoms with Gasteiger partial charge in [0.25, 0.3) is 0 Å². The van der Waals surface area contributed by atoms with Gasteiger partial charge in [-0.05, 0) is 30.7 Å². The van der Waals surface area contributed by atoms with Gasteiger partial charge in [0, 0.05) is 29.7 Å².